The molecule has 0 spiro atoms. The van der Waals surface area contributed by atoms with Gasteiger partial charge in [-0.05, 0) is 18.3 Å². The monoisotopic (exact) mass is 164 g/mol. The fraction of sp³-hybridized carbons (Fsp3) is 0.700. The van der Waals surface area contributed by atoms with Crippen molar-refractivity contribution in [2.24, 2.45) is 23.7 Å². The van der Waals surface area contributed by atoms with Gasteiger partial charge in [-0.1, -0.05) is 12.2 Å². The molecule has 0 heterocycles. The number of fused-ring (bicyclic) bond motifs is 5. The van der Waals surface area contributed by atoms with E-state index in [0.717, 1.165) is 11.8 Å². The van der Waals surface area contributed by atoms with Crippen LogP contribution in [0.15, 0.2) is 12.2 Å². The van der Waals surface area contributed by atoms with Crippen LogP contribution in [0, 0.1) is 23.7 Å². The molecule has 0 aromatic heterocycles. The quantitative estimate of drug-likeness (QED) is 0.432. The molecule has 0 aliphatic heterocycles. The Labute approximate surface area is 71.6 Å². The molecule has 0 aromatic carbocycles. The van der Waals surface area contributed by atoms with E-state index in [4.69, 9.17) is 4.74 Å². The Morgan fingerprint density at radius 3 is 2.42 bits per heavy atom. The van der Waals surface area contributed by atoms with Crippen LogP contribution in [-0.2, 0) is 9.53 Å². The van der Waals surface area contributed by atoms with Crippen LogP contribution in [0.4, 0.5) is 0 Å². The lowest BCUT2D eigenvalue weighted by atomic mass is 10.0. The Morgan fingerprint density at radius 1 is 1.33 bits per heavy atom. The van der Waals surface area contributed by atoms with Gasteiger partial charge < -0.3 is 4.74 Å². The van der Waals surface area contributed by atoms with Crippen molar-refractivity contribution in [2.75, 3.05) is 0 Å². The number of hydrogen-bond acceptors (Lipinski definition) is 2. The molecular formula is C10H12O2. The fourth-order valence-corrected chi connectivity index (χ4v) is 2.97. The largest absolute Gasteiger partial charge is 0.461 e. The lowest BCUT2D eigenvalue weighted by Crippen LogP contribution is -2.24. The fourth-order valence-electron chi connectivity index (χ4n) is 2.97. The normalized spacial score (nSPS) is 52.2. The second-order valence-electron chi connectivity index (χ2n) is 4.18. The van der Waals surface area contributed by atoms with Crippen LogP contribution in [0.3, 0.4) is 0 Å². The summed E-state index contributed by atoms with van der Waals surface area (Å²) in [5.41, 5.74) is 0. The van der Waals surface area contributed by atoms with Crippen molar-refractivity contribution >= 4 is 5.97 Å². The summed E-state index contributed by atoms with van der Waals surface area (Å²) < 4.78 is 5.30. The van der Waals surface area contributed by atoms with Crippen LogP contribution in [-0.4, -0.2) is 12.1 Å². The summed E-state index contributed by atoms with van der Waals surface area (Å²) in [6, 6.07) is 0. The van der Waals surface area contributed by atoms with E-state index in [0.29, 0.717) is 11.8 Å². The summed E-state index contributed by atoms with van der Waals surface area (Å²) in [5, 5.41) is 0. The second-order valence-corrected chi connectivity index (χ2v) is 4.18. The summed E-state index contributed by atoms with van der Waals surface area (Å²) in [6.07, 6.45) is 6.05. The predicted octanol–water partition coefficient (Wildman–Crippen LogP) is 1.37. The third-order valence-electron chi connectivity index (χ3n) is 3.50. The average Bonchev–Trinajstić information content (AvgIpc) is 2.66. The van der Waals surface area contributed by atoms with E-state index in [1.807, 2.05) is 0 Å². The van der Waals surface area contributed by atoms with E-state index in [9.17, 15) is 4.79 Å². The summed E-state index contributed by atoms with van der Waals surface area (Å²) in [5.74, 6) is 2.70. The molecule has 0 N–H and O–H groups in total. The number of rotatable bonds is 1. The van der Waals surface area contributed by atoms with Gasteiger partial charge in [-0.3, -0.25) is 4.79 Å². The molecule has 1 unspecified atom stereocenters. The summed E-state index contributed by atoms with van der Waals surface area (Å²) in [7, 11) is 0. The second kappa shape index (κ2) is 1.93. The van der Waals surface area contributed by atoms with E-state index < -0.39 is 0 Å². The molecule has 3 aliphatic carbocycles. The third-order valence-corrected chi connectivity index (χ3v) is 3.50. The molecule has 0 saturated heterocycles. The maximum absolute atomic E-state index is 10.8. The Balaban J connectivity index is 1.80. The Kier molecular flexibility index (Phi) is 1.07. The molecule has 3 rings (SSSR count). The van der Waals surface area contributed by atoms with Crippen molar-refractivity contribution in [3.63, 3.8) is 0 Å². The van der Waals surface area contributed by atoms with Gasteiger partial charge in [0.1, 0.15) is 6.10 Å². The number of ether oxygens (including phenoxy) is 1. The predicted molar refractivity (Wildman–Crippen MR) is 43.3 cm³/mol. The van der Waals surface area contributed by atoms with Gasteiger partial charge in [-0.25, -0.2) is 0 Å². The molecule has 0 amide bonds. The summed E-state index contributed by atoms with van der Waals surface area (Å²) >= 11 is 0. The molecule has 2 heteroatoms. The van der Waals surface area contributed by atoms with Crippen LogP contribution >= 0.6 is 0 Å². The van der Waals surface area contributed by atoms with Crippen LogP contribution in [0.1, 0.15) is 13.3 Å². The van der Waals surface area contributed by atoms with E-state index in [1.165, 1.54) is 13.3 Å². The third kappa shape index (κ3) is 0.680. The standard InChI is InChI=1S/C10H12O2/c1-5(11)12-10-6-2-3-7(10)9-4-8(6)9/h2-3,6-10H,4H2,1H3/t6-,7+,8-,9-,10?/m1/s1. The van der Waals surface area contributed by atoms with Gasteiger partial charge in [0.2, 0.25) is 0 Å². The van der Waals surface area contributed by atoms with E-state index >= 15 is 0 Å². The van der Waals surface area contributed by atoms with Crippen LogP contribution in [0.2, 0.25) is 0 Å². The van der Waals surface area contributed by atoms with Gasteiger partial charge in [0.05, 0.1) is 0 Å². The molecule has 2 fully saturated rings. The van der Waals surface area contributed by atoms with Crippen molar-refractivity contribution in [3.8, 4) is 0 Å². The Hall–Kier alpha value is -0.790. The first-order valence-electron chi connectivity index (χ1n) is 4.63. The number of esters is 1. The first-order chi connectivity index (χ1) is 5.77. The van der Waals surface area contributed by atoms with Gasteiger partial charge in [0.15, 0.2) is 0 Å². The lowest BCUT2D eigenvalue weighted by molar-refractivity contribution is -0.148. The van der Waals surface area contributed by atoms with Crippen molar-refractivity contribution in [1.29, 1.82) is 0 Å². The Morgan fingerprint density at radius 2 is 1.92 bits per heavy atom. The summed E-state index contributed by atoms with van der Waals surface area (Å²) in [4.78, 5) is 10.8. The van der Waals surface area contributed by atoms with Crippen molar-refractivity contribution in [3.05, 3.63) is 12.2 Å². The maximum atomic E-state index is 10.8. The molecule has 2 bridgehead atoms. The van der Waals surface area contributed by atoms with Gasteiger partial charge >= 0.3 is 5.97 Å². The minimum Gasteiger partial charge on any atom is -0.461 e. The topological polar surface area (TPSA) is 26.3 Å². The summed E-state index contributed by atoms with van der Waals surface area (Å²) in [6.45, 7) is 1.50. The SMILES string of the molecule is CC(=O)OC1[C@H]2C=C[C@@H]1[C@H]1C[C@@H]12. The minimum absolute atomic E-state index is 0.125. The zero-order chi connectivity index (χ0) is 8.29. The molecule has 64 valence electrons. The highest BCUT2D eigenvalue weighted by Crippen LogP contribution is 2.63. The van der Waals surface area contributed by atoms with E-state index in [1.54, 1.807) is 0 Å². The maximum Gasteiger partial charge on any atom is 0.302 e. The lowest BCUT2D eigenvalue weighted by Gasteiger charge is -2.18. The minimum atomic E-state index is -0.125. The molecule has 0 radical (unpaired) electrons. The van der Waals surface area contributed by atoms with Crippen molar-refractivity contribution in [2.45, 2.75) is 19.4 Å². The molecular weight excluding hydrogens is 152 g/mol. The average molecular weight is 164 g/mol. The van der Waals surface area contributed by atoms with Gasteiger partial charge in [0, 0.05) is 18.8 Å². The zero-order valence-electron chi connectivity index (χ0n) is 7.07. The van der Waals surface area contributed by atoms with Crippen LogP contribution in [0.5, 0.6) is 0 Å². The number of carbonyl (C=O) groups excluding carboxylic acids is 1. The molecule has 2 nitrogen and oxygen atoms in total. The van der Waals surface area contributed by atoms with Gasteiger partial charge in [0.25, 0.3) is 0 Å². The zero-order valence-corrected chi connectivity index (χ0v) is 7.07. The van der Waals surface area contributed by atoms with Crippen molar-refractivity contribution in [1.82, 2.24) is 0 Å². The molecule has 2 saturated carbocycles. The Bertz CT molecular complexity index is 251. The van der Waals surface area contributed by atoms with E-state index in [2.05, 4.69) is 12.2 Å². The van der Waals surface area contributed by atoms with Crippen LogP contribution in [0.25, 0.3) is 0 Å². The van der Waals surface area contributed by atoms with Gasteiger partial charge in [-0.15, -0.1) is 0 Å². The highest BCUT2D eigenvalue weighted by atomic mass is 16.5. The van der Waals surface area contributed by atoms with Gasteiger partial charge in [-0.2, -0.15) is 0 Å². The van der Waals surface area contributed by atoms with Crippen LogP contribution < -0.4 is 0 Å². The first kappa shape index (κ1) is 6.70. The number of carbonyl (C=O) groups is 1. The van der Waals surface area contributed by atoms with Crippen molar-refractivity contribution < 1.29 is 9.53 Å². The first-order valence-corrected chi connectivity index (χ1v) is 4.63. The highest BCUT2D eigenvalue weighted by molar-refractivity contribution is 5.66. The molecule has 3 aliphatic rings. The van der Waals surface area contributed by atoms with E-state index in [-0.39, 0.29) is 12.1 Å². The number of hydrogen-bond donors (Lipinski definition) is 0. The molecule has 0 aromatic rings. The molecule has 5 atom stereocenters. The highest BCUT2D eigenvalue weighted by Gasteiger charge is 2.61. The molecule has 12 heavy (non-hydrogen) atoms. The smallest absolute Gasteiger partial charge is 0.302 e.